The summed E-state index contributed by atoms with van der Waals surface area (Å²) >= 11 is 0. The van der Waals surface area contributed by atoms with Gasteiger partial charge in [0.15, 0.2) is 0 Å². The maximum absolute atomic E-state index is 10.6. The molecule has 0 saturated carbocycles. The SMILES string of the molecule is CCCCCCCC(C)N(CCCC(=O)O)C(C)C. The lowest BCUT2D eigenvalue weighted by molar-refractivity contribution is -0.137. The van der Waals surface area contributed by atoms with E-state index in [9.17, 15) is 4.79 Å². The topological polar surface area (TPSA) is 40.5 Å². The second-order valence-electron chi connectivity index (χ2n) is 5.88. The summed E-state index contributed by atoms with van der Waals surface area (Å²) in [4.78, 5) is 13.0. The van der Waals surface area contributed by atoms with Crippen LogP contribution in [0.15, 0.2) is 0 Å². The highest BCUT2D eigenvalue weighted by molar-refractivity contribution is 5.66. The van der Waals surface area contributed by atoms with Crippen LogP contribution in [0.3, 0.4) is 0 Å². The molecule has 0 saturated heterocycles. The summed E-state index contributed by atoms with van der Waals surface area (Å²) in [7, 11) is 0. The van der Waals surface area contributed by atoms with Crippen LogP contribution in [0.5, 0.6) is 0 Å². The lowest BCUT2D eigenvalue weighted by Gasteiger charge is -2.32. The van der Waals surface area contributed by atoms with E-state index in [-0.39, 0.29) is 6.42 Å². The largest absolute Gasteiger partial charge is 0.481 e. The van der Waals surface area contributed by atoms with Gasteiger partial charge in [-0.1, -0.05) is 39.0 Å². The number of carbonyl (C=O) groups is 1. The molecule has 0 aliphatic carbocycles. The highest BCUT2D eigenvalue weighted by Gasteiger charge is 2.16. The van der Waals surface area contributed by atoms with E-state index in [1.165, 1.54) is 38.5 Å². The Bertz CT molecular complexity index is 229. The average Bonchev–Trinajstić information content (AvgIpc) is 2.33. The Kier molecular flexibility index (Phi) is 10.9. The Morgan fingerprint density at radius 2 is 1.68 bits per heavy atom. The molecule has 1 unspecified atom stereocenters. The molecule has 0 aromatic heterocycles. The third-order valence-corrected chi connectivity index (χ3v) is 3.76. The predicted molar refractivity (Wildman–Crippen MR) is 81.5 cm³/mol. The van der Waals surface area contributed by atoms with E-state index in [0.717, 1.165) is 13.0 Å². The first-order chi connectivity index (χ1) is 8.99. The summed E-state index contributed by atoms with van der Waals surface area (Å²) in [6.07, 6.45) is 8.89. The molecular weight excluding hydrogens is 238 g/mol. The molecule has 0 fully saturated rings. The molecule has 0 aliphatic rings. The summed E-state index contributed by atoms with van der Waals surface area (Å²) in [5, 5.41) is 8.71. The minimum Gasteiger partial charge on any atom is -0.481 e. The molecule has 19 heavy (non-hydrogen) atoms. The van der Waals surface area contributed by atoms with Crippen LogP contribution in [0.25, 0.3) is 0 Å². The number of carboxylic acids is 1. The van der Waals surface area contributed by atoms with E-state index in [1.807, 2.05) is 0 Å². The van der Waals surface area contributed by atoms with Crippen LogP contribution in [-0.2, 0) is 4.79 Å². The van der Waals surface area contributed by atoms with Crippen molar-refractivity contribution in [3.05, 3.63) is 0 Å². The Morgan fingerprint density at radius 1 is 1.05 bits per heavy atom. The highest BCUT2D eigenvalue weighted by atomic mass is 16.4. The lowest BCUT2D eigenvalue weighted by atomic mass is 10.0. The standard InChI is InChI=1S/C16H33NO2/c1-5-6-7-8-9-11-15(4)17(14(2)3)13-10-12-16(18)19/h14-15H,5-13H2,1-4H3,(H,18,19). The zero-order valence-corrected chi connectivity index (χ0v) is 13.3. The van der Waals surface area contributed by atoms with E-state index >= 15 is 0 Å². The molecular formula is C16H33NO2. The van der Waals surface area contributed by atoms with Crippen LogP contribution < -0.4 is 0 Å². The zero-order chi connectivity index (χ0) is 14.7. The van der Waals surface area contributed by atoms with E-state index in [1.54, 1.807) is 0 Å². The molecule has 0 spiro atoms. The maximum Gasteiger partial charge on any atom is 0.303 e. The summed E-state index contributed by atoms with van der Waals surface area (Å²) < 4.78 is 0. The van der Waals surface area contributed by atoms with Crippen molar-refractivity contribution in [1.82, 2.24) is 4.90 Å². The number of rotatable bonds is 12. The van der Waals surface area contributed by atoms with Crippen molar-refractivity contribution in [1.29, 1.82) is 0 Å². The average molecular weight is 271 g/mol. The number of carboxylic acid groups (broad SMARTS) is 1. The molecule has 0 rings (SSSR count). The molecule has 1 atom stereocenters. The van der Waals surface area contributed by atoms with Crippen LogP contribution in [0.2, 0.25) is 0 Å². The van der Waals surface area contributed by atoms with Gasteiger partial charge < -0.3 is 5.11 Å². The summed E-state index contributed by atoms with van der Waals surface area (Å²) in [5.41, 5.74) is 0. The van der Waals surface area contributed by atoms with Crippen molar-refractivity contribution in [3.63, 3.8) is 0 Å². The van der Waals surface area contributed by atoms with Crippen LogP contribution in [-0.4, -0.2) is 34.6 Å². The maximum atomic E-state index is 10.6. The lowest BCUT2D eigenvalue weighted by Crippen LogP contribution is -2.39. The molecule has 0 aliphatic heterocycles. The first-order valence-electron chi connectivity index (χ1n) is 7.96. The minimum atomic E-state index is -0.684. The van der Waals surface area contributed by atoms with Gasteiger partial charge in [-0.25, -0.2) is 0 Å². The third kappa shape index (κ3) is 9.94. The number of aliphatic carboxylic acids is 1. The number of unbranched alkanes of at least 4 members (excludes halogenated alkanes) is 4. The highest BCUT2D eigenvalue weighted by Crippen LogP contribution is 2.15. The summed E-state index contributed by atoms with van der Waals surface area (Å²) in [6, 6.07) is 1.06. The van der Waals surface area contributed by atoms with Crippen molar-refractivity contribution in [2.24, 2.45) is 0 Å². The van der Waals surface area contributed by atoms with Crippen molar-refractivity contribution in [2.45, 2.75) is 91.1 Å². The quantitative estimate of drug-likeness (QED) is 0.538. The molecule has 0 amide bonds. The molecule has 0 bridgehead atoms. The van der Waals surface area contributed by atoms with Crippen LogP contribution in [0, 0.1) is 0 Å². The molecule has 3 heteroatoms. The summed E-state index contributed by atoms with van der Waals surface area (Å²) in [6.45, 7) is 9.83. The fourth-order valence-electron chi connectivity index (χ4n) is 2.61. The Labute approximate surface area is 119 Å². The van der Waals surface area contributed by atoms with E-state index < -0.39 is 5.97 Å². The van der Waals surface area contributed by atoms with Crippen LogP contribution in [0.4, 0.5) is 0 Å². The van der Waals surface area contributed by atoms with Gasteiger partial charge in [-0.05, 0) is 40.2 Å². The van der Waals surface area contributed by atoms with Gasteiger partial charge in [-0.3, -0.25) is 9.69 Å². The smallest absolute Gasteiger partial charge is 0.303 e. The van der Waals surface area contributed by atoms with Gasteiger partial charge in [0.05, 0.1) is 0 Å². The molecule has 0 aromatic carbocycles. The molecule has 3 nitrogen and oxygen atoms in total. The molecule has 114 valence electrons. The van der Waals surface area contributed by atoms with E-state index in [4.69, 9.17) is 5.11 Å². The minimum absolute atomic E-state index is 0.284. The van der Waals surface area contributed by atoms with E-state index in [2.05, 4.69) is 32.6 Å². The van der Waals surface area contributed by atoms with Crippen molar-refractivity contribution in [3.8, 4) is 0 Å². The van der Waals surface area contributed by atoms with Crippen molar-refractivity contribution >= 4 is 5.97 Å². The third-order valence-electron chi connectivity index (χ3n) is 3.76. The number of nitrogens with zero attached hydrogens (tertiary/aromatic N) is 1. The Morgan fingerprint density at radius 3 is 2.21 bits per heavy atom. The number of hydrogen-bond acceptors (Lipinski definition) is 2. The monoisotopic (exact) mass is 271 g/mol. The molecule has 0 aromatic rings. The normalized spacial score (nSPS) is 13.2. The molecule has 1 N–H and O–H groups in total. The Balaban J connectivity index is 3.90. The second kappa shape index (κ2) is 11.3. The zero-order valence-electron chi connectivity index (χ0n) is 13.3. The molecule has 0 radical (unpaired) electrons. The fraction of sp³-hybridized carbons (Fsp3) is 0.938. The first-order valence-corrected chi connectivity index (χ1v) is 7.96. The van der Waals surface area contributed by atoms with Gasteiger partial charge in [-0.15, -0.1) is 0 Å². The summed E-state index contributed by atoms with van der Waals surface area (Å²) in [5.74, 6) is -0.684. The van der Waals surface area contributed by atoms with Crippen molar-refractivity contribution < 1.29 is 9.90 Å². The fourth-order valence-corrected chi connectivity index (χ4v) is 2.61. The van der Waals surface area contributed by atoms with Crippen LogP contribution >= 0.6 is 0 Å². The van der Waals surface area contributed by atoms with Gasteiger partial charge in [0, 0.05) is 18.5 Å². The van der Waals surface area contributed by atoms with Gasteiger partial charge in [0.25, 0.3) is 0 Å². The van der Waals surface area contributed by atoms with Gasteiger partial charge in [0.1, 0.15) is 0 Å². The van der Waals surface area contributed by atoms with Gasteiger partial charge in [-0.2, -0.15) is 0 Å². The first kappa shape index (κ1) is 18.4. The van der Waals surface area contributed by atoms with Crippen LogP contribution in [0.1, 0.15) is 79.1 Å². The predicted octanol–water partition coefficient (Wildman–Crippen LogP) is 4.31. The molecule has 0 heterocycles. The second-order valence-corrected chi connectivity index (χ2v) is 5.88. The number of hydrogen-bond donors (Lipinski definition) is 1. The van der Waals surface area contributed by atoms with Gasteiger partial charge in [0.2, 0.25) is 0 Å². The Hall–Kier alpha value is -0.570. The van der Waals surface area contributed by atoms with E-state index in [0.29, 0.717) is 12.1 Å². The van der Waals surface area contributed by atoms with Crippen molar-refractivity contribution in [2.75, 3.05) is 6.54 Å². The van der Waals surface area contributed by atoms with Gasteiger partial charge >= 0.3 is 5.97 Å².